The predicted octanol–water partition coefficient (Wildman–Crippen LogP) is -0.542. The predicted molar refractivity (Wildman–Crippen MR) is 33.5 cm³/mol. The summed E-state index contributed by atoms with van der Waals surface area (Å²) in [7, 11) is 0. The molecule has 52 valence electrons. The van der Waals surface area contributed by atoms with Gasteiger partial charge in [-0.1, -0.05) is 0 Å². The molecular weight excluding hydrogens is 116 g/mol. The number of rotatable bonds is 0. The van der Waals surface area contributed by atoms with E-state index in [1.54, 1.807) is 0 Å². The lowest BCUT2D eigenvalue weighted by Crippen LogP contribution is -2.17. The summed E-state index contributed by atoms with van der Waals surface area (Å²) in [5.41, 5.74) is 0. The van der Waals surface area contributed by atoms with Crippen molar-refractivity contribution in [2.75, 3.05) is 0 Å². The summed E-state index contributed by atoms with van der Waals surface area (Å²) in [5.74, 6) is 5.56. The molecule has 1 aliphatic carbocycles. The van der Waals surface area contributed by atoms with Gasteiger partial charge in [0.2, 0.25) is 0 Å². The highest BCUT2D eigenvalue weighted by Crippen LogP contribution is 2.36. The van der Waals surface area contributed by atoms with Crippen molar-refractivity contribution in [2.45, 2.75) is 37.5 Å². The molecule has 0 aromatic carbocycles. The van der Waals surface area contributed by atoms with Gasteiger partial charge in [-0.05, 0) is 19.3 Å². The quantitative estimate of drug-likeness (QED) is 0.340. The molecule has 0 aromatic rings. The van der Waals surface area contributed by atoms with Gasteiger partial charge in [0.1, 0.15) is 0 Å². The molecule has 3 N–H and O–H groups in total. The van der Waals surface area contributed by atoms with E-state index in [1.807, 2.05) is 5.01 Å². The van der Waals surface area contributed by atoms with Gasteiger partial charge in [0, 0.05) is 12.1 Å². The molecule has 1 heterocycles. The molecule has 9 heavy (non-hydrogen) atoms. The Morgan fingerprint density at radius 1 is 1.33 bits per heavy atom. The van der Waals surface area contributed by atoms with Crippen LogP contribution in [0.1, 0.15) is 19.3 Å². The zero-order valence-electron chi connectivity index (χ0n) is 5.33. The third-order valence-electron chi connectivity index (χ3n) is 2.43. The SMILES string of the molecule is NN1[C@@H]2CC[C@H](O)C[C@@H]21. The van der Waals surface area contributed by atoms with Crippen molar-refractivity contribution >= 4 is 0 Å². The lowest BCUT2D eigenvalue weighted by molar-refractivity contribution is 0.140. The zero-order valence-corrected chi connectivity index (χ0v) is 5.33. The molecule has 2 aliphatic rings. The standard InChI is InChI=1S/C6H12N2O/c7-8-5-2-1-4(9)3-6(5)8/h4-6,9H,1-3,7H2/t4-,5+,6-,8?/m0/s1. The fourth-order valence-corrected chi connectivity index (χ4v) is 1.74. The molecule has 0 aromatic heterocycles. The van der Waals surface area contributed by atoms with Gasteiger partial charge in [-0.2, -0.15) is 0 Å². The minimum absolute atomic E-state index is 0.0835. The Hall–Kier alpha value is -0.120. The van der Waals surface area contributed by atoms with Gasteiger partial charge in [0.05, 0.1) is 6.10 Å². The van der Waals surface area contributed by atoms with Gasteiger partial charge < -0.3 is 5.11 Å². The number of hydrogen-bond acceptors (Lipinski definition) is 3. The van der Waals surface area contributed by atoms with Crippen molar-refractivity contribution in [3.8, 4) is 0 Å². The van der Waals surface area contributed by atoms with Gasteiger partial charge in [0.25, 0.3) is 0 Å². The van der Waals surface area contributed by atoms with Crippen molar-refractivity contribution in [3.63, 3.8) is 0 Å². The van der Waals surface area contributed by atoms with Crippen LogP contribution in [0.2, 0.25) is 0 Å². The molecule has 4 atom stereocenters. The molecule has 1 aliphatic heterocycles. The van der Waals surface area contributed by atoms with Crippen molar-refractivity contribution in [1.82, 2.24) is 5.01 Å². The molecule has 1 saturated heterocycles. The maximum absolute atomic E-state index is 9.14. The molecule has 0 bridgehead atoms. The monoisotopic (exact) mass is 128 g/mol. The summed E-state index contributed by atoms with van der Waals surface area (Å²) in [6.45, 7) is 0. The molecule has 3 heteroatoms. The fourth-order valence-electron chi connectivity index (χ4n) is 1.74. The van der Waals surface area contributed by atoms with Crippen molar-refractivity contribution < 1.29 is 5.11 Å². The molecule has 2 rings (SSSR count). The van der Waals surface area contributed by atoms with E-state index in [0.717, 1.165) is 19.3 Å². The van der Waals surface area contributed by atoms with E-state index in [2.05, 4.69) is 0 Å². The average Bonchev–Trinajstić information content (AvgIpc) is 2.43. The lowest BCUT2D eigenvalue weighted by Gasteiger charge is -2.11. The summed E-state index contributed by atoms with van der Waals surface area (Å²) in [4.78, 5) is 0. The Morgan fingerprint density at radius 2 is 2.11 bits per heavy atom. The highest BCUT2D eigenvalue weighted by atomic mass is 16.3. The van der Waals surface area contributed by atoms with Crippen LogP contribution in [-0.4, -0.2) is 28.3 Å². The van der Waals surface area contributed by atoms with Crippen LogP contribution in [0.15, 0.2) is 0 Å². The third kappa shape index (κ3) is 0.764. The first kappa shape index (κ1) is 5.65. The van der Waals surface area contributed by atoms with Gasteiger partial charge in [-0.3, -0.25) is 5.84 Å². The molecule has 1 saturated carbocycles. The largest absolute Gasteiger partial charge is 0.393 e. The molecule has 1 unspecified atom stereocenters. The number of fused-ring (bicyclic) bond motifs is 1. The fraction of sp³-hybridized carbons (Fsp3) is 1.00. The van der Waals surface area contributed by atoms with E-state index < -0.39 is 0 Å². The van der Waals surface area contributed by atoms with Crippen LogP contribution >= 0.6 is 0 Å². The zero-order chi connectivity index (χ0) is 6.43. The first-order chi connectivity index (χ1) is 4.29. The summed E-state index contributed by atoms with van der Waals surface area (Å²) in [5, 5.41) is 11.0. The molecule has 2 fully saturated rings. The van der Waals surface area contributed by atoms with Gasteiger partial charge >= 0.3 is 0 Å². The first-order valence-corrected chi connectivity index (χ1v) is 3.50. The topological polar surface area (TPSA) is 49.3 Å². The van der Waals surface area contributed by atoms with Crippen LogP contribution < -0.4 is 5.84 Å². The normalized spacial score (nSPS) is 56.7. The average molecular weight is 128 g/mol. The summed E-state index contributed by atoms with van der Waals surface area (Å²) in [6, 6.07) is 1.11. The molecular formula is C6H12N2O. The van der Waals surface area contributed by atoms with Crippen LogP contribution in [0.3, 0.4) is 0 Å². The maximum atomic E-state index is 9.14. The summed E-state index contributed by atoms with van der Waals surface area (Å²) in [6.07, 6.45) is 2.83. The number of nitrogens with zero attached hydrogens (tertiary/aromatic N) is 1. The smallest absolute Gasteiger partial charge is 0.0557 e. The highest BCUT2D eigenvalue weighted by Gasteiger charge is 2.48. The van der Waals surface area contributed by atoms with Crippen molar-refractivity contribution in [2.24, 2.45) is 5.84 Å². The third-order valence-corrected chi connectivity index (χ3v) is 2.43. The van der Waals surface area contributed by atoms with Crippen LogP contribution in [0.5, 0.6) is 0 Å². The lowest BCUT2D eigenvalue weighted by atomic mass is 9.98. The Balaban J connectivity index is 1.96. The highest BCUT2D eigenvalue weighted by molar-refractivity contribution is 5.02. The van der Waals surface area contributed by atoms with E-state index in [1.165, 1.54) is 0 Å². The maximum Gasteiger partial charge on any atom is 0.0557 e. The number of nitrogens with two attached hydrogens (primary N) is 1. The molecule has 0 spiro atoms. The minimum atomic E-state index is -0.0835. The Kier molecular flexibility index (Phi) is 1.06. The number of aliphatic hydroxyl groups is 1. The summed E-state index contributed by atoms with van der Waals surface area (Å²) < 4.78 is 0. The molecule has 3 nitrogen and oxygen atoms in total. The minimum Gasteiger partial charge on any atom is -0.393 e. The van der Waals surface area contributed by atoms with Gasteiger partial charge in [-0.15, -0.1) is 0 Å². The van der Waals surface area contributed by atoms with Crippen LogP contribution in [0.4, 0.5) is 0 Å². The van der Waals surface area contributed by atoms with E-state index in [9.17, 15) is 0 Å². The van der Waals surface area contributed by atoms with Crippen molar-refractivity contribution in [3.05, 3.63) is 0 Å². The van der Waals surface area contributed by atoms with Crippen LogP contribution in [0.25, 0.3) is 0 Å². The molecule has 0 radical (unpaired) electrons. The Labute approximate surface area is 54.4 Å². The second-order valence-corrected chi connectivity index (χ2v) is 3.05. The first-order valence-electron chi connectivity index (χ1n) is 3.50. The van der Waals surface area contributed by atoms with Gasteiger partial charge in [0.15, 0.2) is 0 Å². The van der Waals surface area contributed by atoms with Crippen LogP contribution in [0, 0.1) is 0 Å². The van der Waals surface area contributed by atoms with E-state index in [-0.39, 0.29) is 6.10 Å². The second-order valence-electron chi connectivity index (χ2n) is 3.05. The number of hydrazine groups is 1. The second kappa shape index (κ2) is 1.68. The van der Waals surface area contributed by atoms with Crippen molar-refractivity contribution in [1.29, 1.82) is 0 Å². The number of hydrogen-bond donors (Lipinski definition) is 2. The summed E-state index contributed by atoms with van der Waals surface area (Å²) >= 11 is 0. The van der Waals surface area contributed by atoms with Gasteiger partial charge in [-0.25, -0.2) is 5.01 Å². The van der Waals surface area contributed by atoms with E-state index >= 15 is 0 Å². The van der Waals surface area contributed by atoms with E-state index in [4.69, 9.17) is 10.9 Å². The Bertz CT molecular complexity index is 128. The van der Waals surface area contributed by atoms with Crippen LogP contribution in [-0.2, 0) is 0 Å². The molecule has 0 amide bonds. The number of aliphatic hydroxyl groups excluding tert-OH is 1. The van der Waals surface area contributed by atoms with E-state index in [0.29, 0.717) is 12.1 Å². The Morgan fingerprint density at radius 3 is 2.67 bits per heavy atom.